The molecule has 4 heteroatoms. The van der Waals surface area contributed by atoms with Crippen LogP contribution in [0.3, 0.4) is 0 Å². The molecule has 3 nitrogen and oxygen atoms in total. The van der Waals surface area contributed by atoms with Crippen LogP contribution >= 0.6 is 11.3 Å². The summed E-state index contributed by atoms with van der Waals surface area (Å²) >= 11 is 1.79. The summed E-state index contributed by atoms with van der Waals surface area (Å²) in [5.74, 6) is 0. The fourth-order valence-corrected chi connectivity index (χ4v) is 9.59. The third-order valence-electron chi connectivity index (χ3n) is 10.8. The van der Waals surface area contributed by atoms with E-state index in [9.17, 15) is 0 Å². The maximum Gasteiger partial charge on any atom is 0.135 e. The molecule has 2 aliphatic rings. The van der Waals surface area contributed by atoms with Crippen molar-refractivity contribution in [3.63, 3.8) is 0 Å². The summed E-state index contributed by atoms with van der Waals surface area (Å²) in [7, 11) is 0. The molecule has 0 spiro atoms. The summed E-state index contributed by atoms with van der Waals surface area (Å²) in [6.45, 7) is 4.70. The molecule has 0 fully saturated rings. The SMILES string of the molecule is CC1(C)c2ccccc2-c2ccc(N(c3ccc4oc5ccccc5c4c3)c3ccc4c5c(cccc35)-c3sc(-c5ccccc5)nc3-4)cc21. The van der Waals surface area contributed by atoms with E-state index < -0.39 is 0 Å². The predicted molar refractivity (Wildman–Crippen MR) is 209 cm³/mol. The van der Waals surface area contributed by atoms with Crippen molar-refractivity contribution in [1.82, 2.24) is 4.98 Å². The second-order valence-corrected chi connectivity index (χ2v) is 14.9. The Balaban J connectivity index is 1.14. The quantitative estimate of drug-likeness (QED) is 0.188. The summed E-state index contributed by atoms with van der Waals surface area (Å²) in [5, 5.41) is 5.79. The number of thiazole rings is 1. The minimum atomic E-state index is -0.114. The largest absolute Gasteiger partial charge is 0.456 e. The summed E-state index contributed by atoms with van der Waals surface area (Å²) < 4.78 is 6.28. The molecule has 236 valence electrons. The Hall–Kier alpha value is -5.97. The molecule has 50 heavy (non-hydrogen) atoms. The van der Waals surface area contributed by atoms with Crippen molar-refractivity contribution < 1.29 is 4.42 Å². The van der Waals surface area contributed by atoms with Crippen molar-refractivity contribution in [1.29, 1.82) is 0 Å². The molecule has 0 aliphatic heterocycles. The van der Waals surface area contributed by atoms with Gasteiger partial charge in [-0.25, -0.2) is 4.98 Å². The lowest BCUT2D eigenvalue weighted by Gasteiger charge is -2.29. The Kier molecular flexibility index (Phi) is 5.61. The highest BCUT2D eigenvalue weighted by Gasteiger charge is 2.36. The highest BCUT2D eigenvalue weighted by Crippen LogP contribution is 2.55. The van der Waals surface area contributed by atoms with Crippen molar-refractivity contribution >= 4 is 61.1 Å². The van der Waals surface area contributed by atoms with Crippen LogP contribution in [0.2, 0.25) is 0 Å². The van der Waals surface area contributed by atoms with E-state index in [1.54, 1.807) is 11.3 Å². The number of para-hydroxylation sites is 1. The molecule has 0 atom stereocenters. The Morgan fingerprint density at radius 1 is 0.560 bits per heavy atom. The minimum Gasteiger partial charge on any atom is -0.456 e. The number of fused-ring (bicyclic) bond motifs is 9. The average molecular weight is 659 g/mol. The zero-order valence-electron chi connectivity index (χ0n) is 27.6. The van der Waals surface area contributed by atoms with E-state index in [1.807, 2.05) is 12.1 Å². The molecule has 0 N–H and O–H groups in total. The number of nitrogens with zero attached hydrogens (tertiary/aromatic N) is 2. The molecule has 0 saturated carbocycles. The fourth-order valence-electron chi connectivity index (χ4n) is 8.47. The molecule has 0 bridgehead atoms. The van der Waals surface area contributed by atoms with Crippen molar-refractivity contribution in [3.05, 3.63) is 157 Å². The van der Waals surface area contributed by atoms with Gasteiger partial charge < -0.3 is 9.32 Å². The van der Waals surface area contributed by atoms with E-state index in [2.05, 4.69) is 152 Å². The molecule has 2 aromatic heterocycles. The third kappa shape index (κ3) is 3.77. The molecule has 11 rings (SSSR count). The van der Waals surface area contributed by atoms with Gasteiger partial charge in [-0.05, 0) is 64.7 Å². The minimum absolute atomic E-state index is 0.114. The second-order valence-electron chi connectivity index (χ2n) is 13.9. The van der Waals surface area contributed by atoms with Crippen molar-refractivity contribution in [3.8, 4) is 43.4 Å². The predicted octanol–water partition coefficient (Wildman–Crippen LogP) is 13.3. The molecule has 0 radical (unpaired) electrons. The Morgan fingerprint density at radius 2 is 1.26 bits per heavy atom. The van der Waals surface area contributed by atoms with Gasteiger partial charge in [-0.2, -0.15) is 0 Å². The summed E-state index contributed by atoms with van der Waals surface area (Å²) in [6, 6.07) is 52.7. The number of aromatic nitrogens is 1. The van der Waals surface area contributed by atoms with Crippen LogP contribution in [0.1, 0.15) is 25.0 Å². The van der Waals surface area contributed by atoms with Crippen LogP contribution in [0.5, 0.6) is 0 Å². The maximum absolute atomic E-state index is 6.28. The molecule has 2 aliphatic carbocycles. The van der Waals surface area contributed by atoms with Gasteiger partial charge in [0, 0.05) is 55.0 Å². The zero-order valence-corrected chi connectivity index (χ0v) is 28.4. The number of hydrogen-bond acceptors (Lipinski definition) is 4. The van der Waals surface area contributed by atoms with Crippen LogP contribution in [-0.2, 0) is 5.41 Å². The second kappa shape index (κ2) is 10.0. The number of rotatable bonds is 4. The van der Waals surface area contributed by atoms with Crippen LogP contribution in [0.4, 0.5) is 17.1 Å². The molecular formula is C46H30N2OS. The average Bonchev–Trinajstić information content (AvgIpc) is 3.89. The molecule has 9 aromatic rings. The number of benzene rings is 7. The van der Waals surface area contributed by atoms with Gasteiger partial charge in [0.05, 0.1) is 16.3 Å². The highest BCUT2D eigenvalue weighted by molar-refractivity contribution is 7.19. The molecule has 0 unspecified atom stereocenters. The van der Waals surface area contributed by atoms with E-state index in [0.29, 0.717) is 0 Å². The molecule has 7 aromatic carbocycles. The fraction of sp³-hybridized carbons (Fsp3) is 0.0652. The standard InChI is InChI=1S/C46H30N2OS/c1-46(2)37-17-8-6-13-30(37)31-21-19-29(26-38(31)46)48(28-20-24-41-36(25-28)32-14-7-9-18-40(32)49-41)39-23-22-34-42-33(39)15-10-16-35(42)44-43(34)47-45(50-44)27-11-4-3-5-12-27/h3-26H,1-2H3. The highest BCUT2D eigenvalue weighted by atomic mass is 32.1. The number of furan rings is 1. The smallest absolute Gasteiger partial charge is 0.135 e. The van der Waals surface area contributed by atoms with E-state index >= 15 is 0 Å². The van der Waals surface area contributed by atoms with Crippen LogP contribution in [0.15, 0.2) is 150 Å². The lowest BCUT2D eigenvalue weighted by molar-refractivity contribution is 0.660. The van der Waals surface area contributed by atoms with Crippen molar-refractivity contribution in [2.45, 2.75) is 19.3 Å². The Morgan fingerprint density at radius 3 is 2.18 bits per heavy atom. The normalized spacial score (nSPS) is 13.6. The maximum atomic E-state index is 6.28. The lowest BCUT2D eigenvalue weighted by Crippen LogP contribution is -2.16. The first-order valence-corrected chi connectivity index (χ1v) is 17.9. The van der Waals surface area contributed by atoms with E-state index in [1.165, 1.54) is 49.0 Å². The van der Waals surface area contributed by atoms with E-state index in [4.69, 9.17) is 9.40 Å². The zero-order chi connectivity index (χ0) is 33.1. The molecular weight excluding hydrogens is 629 g/mol. The van der Waals surface area contributed by atoms with Crippen molar-refractivity contribution in [2.75, 3.05) is 4.90 Å². The molecule has 0 amide bonds. The van der Waals surface area contributed by atoms with Crippen LogP contribution in [-0.4, -0.2) is 4.98 Å². The van der Waals surface area contributed by atoms with Crippen molar-refractivity contribution in [2.24, 2.45) is 0 Å². The Labute approximate surface area is 293 Å². The number of anilines is 3. The molecule has 0 saturated heterocycles. The number of hydrogen-bond donors (Lipinski definition) is 0. The summed E-state index contributed by atoms with van der Waals surface area (Å²) in [4.78, 5) is 8.91. The monoisotopic (exact) mass is 658 g/mol. The van der Waals surface area contributed by atoms with Gasteiger partial charge in [-0.3, -0.25) is 0 Å². The first-order valence-electron chi connectivity index (χ1n) is 17.1. The summed E-state index contributed by atoms with van der Waals surface area (Å²) in [6.07, 6.45) is 0. The van der Waals surface area contributed by atoms with Gasteiger partial charge in [-0.1, -0.05) is 117 Å². The van der Waals surface area contributed by atoms with Crippen LogP contribution in [0, 0.1) is 0 Å². The first kappa shape index (κ1) is 27.9. The Bertz CT molecular complexity index is 2830. The topological polar surface area (TPSA) is 29.3 Å². The first-order chi connectivity index (χ1) is 24.5. The van der Waals surface area contributed by atoms with Crippen LogP contribution < -0.4 is 4.90 Å². The van der Waals surface area contributed by atoms with E-state index in [-0.39, 0.29) is 5.41 Å². The summed E-state index contributed by atoms with van der Waals surface area (Å²) in [5.41, 5.74) is 15.1. The molecule has 2 heterocycles. The van der Waals surface area contributed by atoms with E-state index in [0.717, 1.165) is 55.3 Å². The van der Waals surface area contributed by atoms with Gasteiger partial charge in [0.15, 0.2) is 0 Å². The third-order valence-corrected chi connectivity index (χ3v) is 12.0. The van der Waals surface area contributed by atoms with Crippen LogP contribution in [0.25, 0.3) is 76.1 Å². The van der Waals surface area contributed by atoms with Gasteiger partial charge >= 0.3 is 0 Å². The van der Waals surface area contributed by atoms with Gasteiger partial charge in [0.1, 0.15) is 16.2 Å². The van der Waals surface area contributed by atoms with Gasteiger partial charge in [-0.15, -0.1) is 11.3 Å². The van der Waals surface area contributed by atoms with Gasteiger partial charge in [0.25, 0.3) is 0 Å². The lowest BCUT2D eigenvalue weighted by atomic mass is 9.82. The van der Waals surface area contributed by atoms with Gasteiger partial charge in [0.2, 0.25) is 0 Å².